The molecule has 1 amide bonds. The van der Waals surface area contributed by atoms with E-state index in [-0.39, 0.29) is 5.91 Å². The van der Waals surface area contributed by atoms with Crippen LogP contribution in [-0.2, 0) is 0 Å². The molecule has 1 fully saturated rings. The fraction of sp³-hybridized carbons (Fsp3) is 0.278. The molecule has 120 valence electrons. The molecule has 1 N–H and O–H groups in total. The van der Waals surface area contributed by atoms with Gasteiger partial charge in [0, 0.05) is 24.3 Å². The summed E-state index contributed by atoms with van der Waals surface area (Å²) >= 11 is 6.37. The van der Waals surface area contributed by atoms with Crippen LogP contribution in [0.15, 0.2) is 42.5 Å². The Morgan fingerprint density at radius 1 is 1.17 bits per heavy atom. The van der Waals surface area contributed by atoms with Crippen LogP contribution in [0.2, 0.25) is 5.02 Å². The molecule has 0 aliphatic carbocycles. The van der Waals surface area contributed by atoms with E-state index in [0.717, 1.165) is 18.8 Å². The number of nitrogens with zero attached hydrogens (tertiary/aromatic N) is 1. The molecule has 0 bridgehead atoms. The summed E-state index contributed by atoms with van der Waals surface area (Å²) < 4.78 is 5.14. The molecule has 0 atom stereocenters. The van der Waals surface area contributed by atoms with E-state index in [1.165, 1.54) is 12.8 Å². The topological polar surface area (TPSA) is 41.6 Å². The highest BCUT2D eigenvalue weighted by Gasteiger charge is 2.16. The Kier molecular flexibility index (Phi) is 4.72. The maximum atomic E-state index is 12.3. The van der Waals surface area contributed by atoms with Gasteiger partial charge in [0.2, 0.25) is 0 Å². The third-order valence-corrected chi connectivity index (χ3v) is 4.29. The van der Waals surface area contributed by atoms with Gasteiger partial charge in [-0.25, -0.2) is 0 Å². The van der Waals surface area contributed by atoms with Crippen LogP contribution in [0.1, 0.15) is 23.2 Å². The van der Waals surface area contributed by atoms with Gasteiger partial charge in [-0.2, -0.15) is 0 Å². The van der Waals surface area contributed by atoms with E-state index in [2.05, 4.69) is 10.2 Å². The summed E-state index contributed by atoms with van der Waals surface area (Å²) in [4.78, 5) is 14.6. The summed E-state index contributed by atoms with van der Waals surface area (Å²) in [5.74, 6) is 0.467. The number of ether oxygens (including phenoxy) is 1. The molecule has 3 rings (SSSR count). The maximum Gasteiger partial charge on any atom is 0.255 e. The summed E-state index contributed by atoms with van der Waals surface area (Å²) in [6, 6.07) is 12.7. The zero-order valence-electron chi connectivity index (χ0n) is 13.0. The van der Waals surface area contributed by atoms with Gasteiger partial charge < -0.3 is 15.0 Å². The normalized spacial score (nSPS) is 13.9. The smallest absolute Gasteiger partial charge is 0.255 e. The van der Waals surface area contributed by atoms with E-state index < -0.39 is 0 Å². The highest BCUT2D eigenvalue weighted by molar-refractivity contribution is 6.33. The first-order valence-electron chi connectivity index (χ1n) is 7.67. The summed E-state index contributed by atoms with van der Waals surface area (Å²) in [7, 11) is 1.58. The predicted molar refractivity (Wildman–Crippen MR) is 93.8 cm³/mol. The van der Waals surface area contributed by atoms with Gasteiger partial charge in [0.25, 0.3) is 5.91 Å². The first-order chi connectivity index (χ1) is 11.2. The van der Waals surface area contributed by atoms with Crippen molar-refractivity contribution in [2.75, 3.05) is 30.4 Å². The van der Waals surface area contributed by atoms with E-state index in [1.807, 2.05) is 12.1 Å². The monoisotopic (exact) mass is 330 g/mol. The summed E-state index contributed by atoms with van der Waals surface area (Å²) in [5, 5.41) is 3.53. The van der Waals surface area contributed by atoms with Gasteiger partial charge in [0.05, 0.1) is 17.8 Å². The standard InChI is InChI=1S/C18H19ClN2O2/c1-23-15-6-4-5-13(11-15)18(22)20-14-7-8-17(16(19)12-14)21-9-2-3-10-21/h4-8,11-12H,2-3,9-10H2,1H3,(H,20,22). The van der Waals surface area contributed by atoms with Gasteiger partial charge in [-0.3, -0.25) is 4.79 Å². The van der Waals surface area contributed by atoms with Crippen LogP contribution in [0.4, 0.5) is 11.4 Å². The van der Waals surface area contributed by atoms with Gasteiger partial charge in [0.1, 0.15) is 5.75 Å². The van der Waals surface area contributed by atoms with E-state index in [9.17, 15) is 4.79 Å². The van der Waals surface area contributed by atoms with E-state index in [1.54, 1.807) is 37.4 Å². The largest absolute Gasteiger partial charge is 0.497 e. The number of anilines is 2. The van der Waals surface area contributed by atoms with Crippen molar-refractivity contribution in [3.8, 4) is 5.75 Å². The van der Waals surface area contributed by atoms with Gasteiger partial charge in [-0.05, 0) is 49.2 Å². The second kappa shape index (κ2) is 6.92. The van der Waals surface area contributed by atoms with Crippen LogP contribution in [0.3, 0.4) is 0 Å². The number of rotatable bonds is 4. The number of hydrogen-bond donors (Lipinski definition) is 1. The Hall–Kier alpha value is -2.20. The SMILES string of the molecule is COc1cccc(C(=O)Nc2ccc(N3CCCC3)c(Cl)c2)c1. The molecule has 23 heavy (non-hydrogen) atoms. The van der Waals surface area contributed by atoms with Crippen molar-refractivity contribution in [2.45, 2.75) is 12.8 Å². The van der Waals surface area contributed by atoms with Crippen molar-refractivity contribution in [3.05, 3.63) is 53.1 Å². The number of nitrogens with one attached hydrogen (secondary N) is 1. The van der Waals surface area contributed by atoms with Gasteiger partial charge in [-0.1, -0.05) is 17.7 Å². The lowest BCUT2D eigenvalue weighted by Gasteiger charge is -2.19. The molecule has 1 saturated heterocycles. The van der Waals surface area contributed by atoms with Crippen molar-refractivity contribution in [2.24, 2.45) is 0 Å². The average molecular weight is 331 g/mol. The van der Waals surface area contributed by atoms with E-state index in [0.29, 0.717) is 22.0 Å². The Labute approximate surface area is 141 Å². The molecule has 2 aromatic carbocycles. The Balaban J connectivity index is 1.74. The van der Waals surface area contributed by atoms with Crippen molar-refractivity contribution >= 4 is 28.9 Å². The second-order valence-electron chi connectivity index (χ2n) is 5.55. The molecule has 1 aliphatic rings. The van der Waals surface area contributed by atoms with Crippen LogP contribution in [0, 0.1) is 0 Å². The molecule has 1 aliphatic heterocycles. The number of methoxy groups -OCH3 is 1. The molecule has 0 aromatic heterocycles. The third kappa shape index (κ3) is 3.59. The zero-order chi connectivity index (χ0) is 16.2. The zero-order valence-corrected chi connectivity index (χ0v) is 13.8. The molecule has 0 radical (unpaired) electrons. The Bertz CT molecular complexity index is 712. The lowest BCUT2D eigenvalue weighted by Crippen LogP contribution is -2.18. The molecule has 0 saturated carbocycles. The number of carbonyl (C=O) groups is 1. The first-order valence-corrected chi connectivity index (χ1v) is 8.05. The molecule has 4 nitrogen and oxygen atoms in total. The fourth-order valence-electron chi connectivity index (χ4n) is 2.77. The molecule has 2 aromatic rings. The van der Waals surface area contributed by atoms with Gasteiger partial charge >= 0.3 is 0 Å². The van der Waals surface area contributed by atoms with Crippen molar-refractivity contribution in [3.63, 3.8) is 0 Å². The van der Waals surface area contributed by atoms with Crippen molar-refractivity contribution < 1.29 is 9.53 Å². The molecule has 0 unspecified atom stereocenters. The molecule has 0 spiro atoms. The van der Waals surface area contributed by atoms with Crippen LogP contribution >= 0.6 is 11.6 Å². The molecule has 5 heteroatoms. The molecular weight excluding hydrogens is 312 g/mol. The fourth-order valence-corrected chi connectivity index (χ4v) is 3.07. The quantitative estimate of drug-likeness (QED) is 0.913. The number of hydrogen-bond acceptors (Lipinski definition) is 3. The van der Waals surface area contributed by atoms with Crippen LogP contribution in [-0.4, -0.2) is 26.1 Å². The number of benzene rings is 2. The third-order valence-electron chi connectivity index (χ3n) is 3.98. The van der Waals surface area contributed by atoms with E-state index >= 15 is 0 Å². The maximum absolute atomic E-state index is 12.3. The minimum Gasteiger partial charge on any atom is -0.497 e. The van der Waals surface area contributed by atoms with Gasteiger partial charge in [-0.15, -0.1) is 0 Å². The Morgan fingerprint density at radius 2 is 1.96 bits per heavy atom. The van der Waals surface area contributed by atoms with Crippen LogP contribution in [0.5, 0.6) is 5.75 Å². The summed E-state index contributed by atoms with van der Waals surface area (Å²) in [5.41, 5.74) is 2.26. The van der Waals surface area contributed by atoms with Crippen LogP contribution < -0.4 is 15.0 Å². The average Bonchev–Trinajstić information content (AvgIpc) is 3.09. The molecule has 1 heterocycles. The van der Waals surface area contributed by atoms with Crippen molar-refractivity contribution in [1.29, 1.82) is 0 Å². The minimum atomic E-state index is -0.186. The number of carbonyl (C=O) groups excluding carboxylic acids is 1. The predicted octanol–water partition coefficient (Wildman–Crippen LogP) is 4.20. The van der Waals surface area contributed by atoms with E-state index in [4.69, 9.17) is 16.3 Å². The lowest BCUT2D eigenvalue weighted by molar-refractivity contribution is 0.102. The lowest BCUT2D eigenvalue weighted by atomic mass is 10.2. The molecular formula is C18H19ClN2O2. The highest BCUT2D eigenvalue weighted by atomic mass is 35.5. The first kappa shape index (κ1) is 15.7. The summed E-state index contributed by atoms with van der Waals surface area (Å²) in [6.07, 6.45) is 2.40. The van der Waals surface area contributed by atoms with Crippen LogP contribution in [0.25, 0.3) is 0 Å². The second-order valence-corrected chi connectivity index (χ2v) is 5.95. The highest BCUT2D eigenvalue weighted by Crippen LogP contribution is 2.31. The van der Waals surface area contributed by atoms with Crippen molar-refractivity contribution in [1.82, 2.24) is 0 Å². The Morgan fingerprint density at radius 3 is 2.65 bits per heavy atom. The number of halogens is 1. The summed E-state index contributed by atoms with van der Waals surface area (Å²) in [6.45, 7) is 2.07. The van der Waals surface area contributed by atoms with Gasteiger partial charge in [0.15, 0.2) is 0 Å². The minimum absolute atomic E-state index is 0.186. The number of amides is 1.